The van der Waals surface area contributed by atoms with E-state index in [1.807, 2.05) is 36.4 Å². The Morgan fingerprint density at radius 2 is 1.86 bits per heavy atom. The summed E-state index contributed by atoms with van der Waals surface area (Å²) in [4.78, 5) is 7.74. The minimum atomic E-state index is -0.242. The van der Waals surface area contributed by atoms with E-state index in [0.717, 1.165) is 32.1 Å². The molecule has 0 fully saturated rings. The fourth-order valence-corrected chi connectivity index (χ4v) is 4.88. The number of ether oxygens (including phenoxy) is 1. The number of rotatable bonds is 3. The van der Waals surface area contributed by atoms with Gasteiger partial charge in [0.25, 0.3) is 0 Å². The Labute approximate surface area is 178 Å². The van der Waals surface area contributed by atoms with Gasteiger partial charge in [0.15, 0.2) is 0 Å². The van der Waals surface area contributed by atoms with E-state index in [0.29, 0.717) is 5.88 Å². The fourth-order valence-electron chi connectivity index (χ4n) is 3.29. The number of nitrogens with two attached hydrogens (primary N) is 1. The lowest BCUT2D eigenvalue weighted by Crippen LogP contribution is -2.32. The number of pyridine rings is 1. The number of nitrogens with zero attached hydrogens (tertiary/aromatic N) is 2. The van der Waals surface area contributed by atoms with Crippen molar-refractivity contribution in [1.82, 2.24) is 4.98 Å². The number of halogens is 1. The molecule has 2 aromatic carbocycles. The maximum absolute atomic E-state index is 6.46. The minimum absolute atomic E-state index is 0.0374. The predicted octanol–water partition coefficient (Wildman–Crippen LogP) is 6.42. The number of aromatic nitrogens is 1. The second-order valence-corrected chi connectivity index (χ2v) is 9.74. The molecule has 1 unspecified atom stereocenters. The van der Waals surface area contributed by atoms with Crippen LogP contribution in [0.4, 0.5) is 11.4 Å². The van der Waals surface area contributed by atoms with Gasteiger partial charge in [-0.1, -0.05) is 66.7 Å². The molecule has 0 amide bonds. The summed E-state index contributed by atoms with van der Waals surface area (Å²) in [6.07, 6.45) is 1.75. The Morgan fingerprint density at radius 1 is 1.07 bits per heavy atom. The lowest BCUT2D eigenvalue weighted by Gasteiger charge is -2.26. The van der Waals surface area contributed by atoms with Gasteiger partial charge in [-0.3, -0.25) is 0 Å². The number of anilines is 2. The molecule has 1 atom stereocenters. The van der Waals surface area contributed by atoms with Crippen molar-refractivity contribution in [1.29, 1.82) is 0 Å². The third-order valence-corrected chi connectivity index (χ3v) is 6.12. The van der Waals surface area contributed by atoms with Crippen LogP contribution in [0.25, 0.3) is 0 Å². The summed E-state index contributed by atoms with van der Waals surface area (Å²) < 4.78 is 7.38. The van der Waals surface area contributed by atoms with Crippen molar-refractivity contribution >= 4 is 39.1 Å². The van der Waals surface area contributed by atoms with E-state index in [2.05, 4.69) is 64.8 Å². The number of thioether (sulfide) groups is 1. The number of para-hydroxylation sites is 1. The molecule has 0 radical (unpaired) electrons. The molecule has 1 aromatic heterocycles. The molecule has 0 saturated heterocycles. The van der Waals surface area contributed by atoms with Crippen LogP contribution in [0.2, 0.25) is 0 Å². The normalized spacial score (nSPS) is 16.2. The Hall–Kier alpha value is -2.02. The van der Waals surface area contributed by atoms with Gasteiger partial charge < -0.3 is 15.4 Å². The Bertz CT molecular complexity index is 1020. The highest BCUT2D eigenvalue weighted by molar-refractivity contribution is 9.10. The highest BCUT2D eigenvalue weighted by atomic mass is 79.9. The molecule has 1 aliphatic heterocycles. The van der Waals surface area contributed by atoms with Gasteiger partial charge in [0.05, 0.1) is 5.69 Å². The zero-order chi connectivity index (χ0) is 19.9. The molecule has 0 saturated carbocycles. The summed E-state index contributed by atoms with van der Waals surface area (Å²) >= 11 is 5.16. The van der Waals surface area contributed by atoms with Gasteiger partial charge in [0.1, 0.15) is 16.9 Å². The van der Waals surface area contributed by atoms with Gasteiger partial charge in [-0.25, -0.2) is 4.98 Å². The van der Waals surface area contributed by atoms with Gasteiger partial charge in [-0.2, -0.15) is 0 Å². The molecule has 0 spiro atoms. The molecule has 0 bridgehead atoms. The van der Waals surface area contributed by atoms with Gasteiger partial charge in [-0.15, -0.1) is 0 Å². The molecule has 6 heteroatoms. The van der Waals surface area contributed by atoms with Crippen molar-refractivity contribution in [3.05, 3.63) is 70.8 Å². The van der Waals surface area contributed by atoms with Crippen molar-refractivity contribution < 1.29 is 4.74 Å². The van der Waals surface area contributed by atoms with Crippen LogP contribution in [0.3, 0.4) is 0 Å². The largest absolute Gasteiger partial charge is 0.437 e. The molecule has 144 valence electrons. The van der Waals surface area contributed by atoms with Crippen molar-refractivity contribution in [2.75, 3.05) is 4.90 Å². The topological polar surface area (TPSA) is 51.4 Å². The smallest absolute Gasteiger partial charge is 0.243 e. The Balaban J connectivity index is 1.76. The first-order chi connectivity index (χ1) is 13.3. The zero-order valence-electron chi connectivity index (χ0n) is 16.0. The lowest BCUT2D eigenvalue weighted by atomic mass is 9.86. The van der Waals surface area contributed by atoms with E-state index >= 15 is 0 Å². The number of benzene rings is 2. The first kappa shape index (κ1) is 19.3. The quantitative estimate of drug-likeness (QED) is 0.493. The highest BCUT2D eigenvalue weighted by Crippen LogP contribution is 2.49. The minimum Gasteiger partial charge on any atom is -0.437 e. The first-order valence-electron chi connectivity index (χ1n) is 9.08. The molecule has 0 aliphatic carbocycles. The highest BCUT2D eigenvalue weighted by Gasteiger charge is 2.31. The molecule has 2 heterocycles. The molecule has 4 nitrogen and oxygen atoms in total. The van der Waals surface area contributed by atoms with Gasteiger partial charge in [0.2, 0.25) is 5.88 Å². The van der Waals surface area contributed by atoms with Crippen LogP contribution in [0.5, 0.6) is 11.6 Å². The average molecular weight is 456 g/mol. The van der Waals surface area contributed by atoms with Crippen molar-refractivity contribution in [2.24, 2.45) is 5.73 Å². The van der Waals surface area contributed by atoms with E-state index in [1.165, 1.54) is 0 Å². The van der Waals surface area contributed by atoms with Crippen molar-refractivity contribution in [3.8, 4) is 11.6 Å². The van der Waals surface area contributed by atoms with E-state index in [9.17, 15) is 0 Å². The van der Waals surface area contributed by atoms with Crippen molar-refractivity contribution in [3.63, 3.8) is 0 Å². The second kappa shape index (κ2) is 7.43. The van der Waals surface area contributed by atoms with E-state index in [1.54, 1.807) is 18.0 Å². The zero-order valence-corrected chi connectivity index (χ0v) is 18.4. The third-order valence-electron chi connectivity index (χ3n) is 4.60. The molecular formula is C22H22BrN3OS. The van der Waals surface area contributed by atoms with Crippen LogP contribution in [0.1, 0.15) is 26.3 Å². The van der Waals surface area contributed by atoms with Gasteiger partial charge >= 0.3 is 0 Å². The van der Waals surface area contributed by atoms with Gasteiger partial charge in [0, 0.05) is 21.1 Å². The standard InChI is InChI=1S/C22H22BrN3OS/c1-22(2,3)15-7-4-5-9-18(15)27-20-17(8-6-12-25-20)26-16-11-10-14(23)13-19(16)28-21(26)24/h4-13,21H,24H2,1-3H3. The van der Waals surface area contributed by atoms with Gasteiger partial charge in [-0.05, 0) is 41.8 Å². The summed E-state index contributed by atoms with van der Waals surface area (Å²) in [5.41, 5.74) is 9.23. The third kappa shape index (κ3) is 3.64. The van der Waals surface area contributed by atoms with Crippen molar-refractivity contribution in [2.45, 2.75) is 36.6 Å². The molecule has 1 aliphatic rings. The maximum Gasteiger partial charge on any atom is 0.243 e. The molecule has 4 rings (SSSR count). The van der Waals surface area contributed by atoms with E-state index < -0.39 is 0 Å². The maximum atomic E-state index is 6.46. The van der Waals surface area contributed by atoms with Crippen LogP contribution >= 0.6 is 27.7 Å². The van der Waals surface area contributed by atoms with Crippen LogP contribution in [0.15, 0.2) is 70.2 Å². The Morgan fingerprint density at radius 3 is 2.64 bits per heavy atom. The van der Waals surface area contributed by atoms with Crippen LogP contribution in [-0.2, 0) is 5.41 Å². The molecule has 28 heavy (non-hydrogen) atoms. The molecule has 2 N–H and O–H groups in total. The second-order valence-electron chi connectivity index (χ2n) is 7.67. The molecular weight excluding hydrogens is 434 g/mol. The first-order valence-corrected chi connectivity index (χ1v) is 10.8. The van der Waals surface area contributed by atoms with E-state index in [4.69, 9.17) is 10.5 Å². The van der Waals surface area contributed by atoms with Crippen LogP contribution in [-0.4, -0.2) is 10.5 Å². The fraction of sp³-hybridized carbons (Fsp3) is 0.227. The van der Waals surface area contributed by atoms with Crippen LogP contribution in [0, 0.1) is 0 Å². The van der Waals surface area contributed by atoms with Crippen LogP contribution < -0.4 is 15.4 Å². The summed E-state index contributed by atoms with van der Waals surface area (Å²) in [6.45, 7) is 6.53. The lowest BCUT2D eigenvalue weighted by molar-refractivity contribution is 0.440. The number of fused-ring (bicyclic) bond motifs is 1. The summed E-state index contributed by atoms with van der Waals surface area (Å²) in [5, 5.41) is 0. The number of hydrogen-bond acceptors (Lipinski definition) is 5. The monoisotopic (exact) mass is 455 g/mol. The summed E-state index contributed by atoms with van der Waals surface area (Å²) in [5.74, 6) is 1.36. The number of hydrogen-bond donors (Lipinski definition) is 1. The summed E-state index contributed by atoms with van der Waals surface area (Å²) in [7, 11) is 0. The van der Waals surface area contributed by atoms with E-state index in [-0.39, 0.29) is 10.9 Å². The predicted molar refractivity (Wildman–Crippen MR) is 120 cm³/mol. The average Bonchev–Trinajstić information content (AvgIpc) is 2.96. The SMILES string of the molecule is CC(C)(C)c1ccccc1Oc1ncccc1N1c2ccc(Br)cc2SC1N. The molecule has 3 aromatic rings. The summed E-state index contributed by atoms with van der Waals surface area (Å²) in [6, 6.07) is 18.2. The Kier molecular flexibility index (Phi) is 5.12.